The minimum Gasteiger partial charge on any atom is -0.390 e. The number of hydrogen-bond acceptors (Lipinski definition) is 4. The number of nitrogens with zero attached hydrogens (tertiary/aromatic N) is 4. The molecular weight excluding hydrogens is 280 g/mol. The topological polar surface area (TPSA) is 71.2 Å². The van der Waals surface area contributed by atoms with Gasteiger partial charge in [-0.25, -0.2) is 0 Å². The van der Waals surface area contributed by atoms with Crippen LogP contribution < -0.4 is 0 Å². The number of amides is 1. The van der Waals surface area contributed by atoms with E-state index in [4.69, 9.17) is 0 Å². The molecule has 2 aliphatic rings. The Morgan fingerprint density at radius 2 is 2.23 bits per heavy atom. The number of aromatic nitrogens is 3. The lowest BCUT2D eigenvalue weighted by atomic mass is 9.72. The van der Waals surface area contributed by atoms with Crippen molar-refractivity contribution in [2.75, 3.05) is 6.54 Å². The van der Waals surface area contributed by atoms with E-state index in [0.717, 1.165) is 45.1 Å². The van der Waals surface area contributed by atoms with E-state index < -0.39 is 5.60 Å². The van der Waals surface area contributed by atoms with E-state index in [1.54, 1.807) is 17.1 Å². The number of carbonyl (C=O) groups excluding carboxylic acids is 1. The Morgan fingerprint density at radius 1 is 1.36 bits per heavy atom. The van der Waals surface area contributed by atoms with Gasteiger partial charge in [0.2, 0.25) is 5.91 Å². The highest BCUT2D eigenvalue weighted by Crippen LogP contribution is 2.40. The van der Waals surface area contributed by atoms with Crippen LogP contribution in [-0.4, -0.2) is 49.1 Å². The molecule has 6 heteroatoms. The molecule has 1 saturated heterocycles. The zero-order valence-electron chi connectivity index (χ0n) is 13.3. The number of rotatable bonds is 4. The SMILES string of the molecule is CC1(O)CCCCC1C1CCCN1C(=O)CCn1ccnn1. The van der Waals surface area contributed by atoms with Crippen molar-refractivity contribution in [3.05, 3.63) is 12.4 Å². The first kappa shape index (κ1) is 15.5. The van der Waals surface area contributed by atoms with Gasteiger partial charge in [0.25, 0.3) is 0 Å². The van der Waals surface area contributed by atoms with Gasteiger partial charge in [0.05, 0.1) is 18.3 Å². The summed E-state index contributed by atoms with van der Waals surface area (Å²) < 4.78 is 1.69. The minimum absolute atomic E-state index is 0.180. The van der Waals surface area contributed by atoms with Crippen LogP contribution in [0.3, 0.4) is 0 Å². The Morgan fingerprint density at radius 3 is 2.95 bits per heavy atom. The van der Waals surface area contributed by atoms with Crippen LogP contribution in [0.5, 0.6) is 0 Å². The Balaban J connectivity index is 1.63. The predicted molar refractivity (Wildman–Crippen MR) is 82.0 cm³/mol. The molecule has 1 aromatic rings. The van der Waals surface area contributed by atoms with Crippen LogP contribution in [0.2, 0.25) is 0 Å². The summed E-state index contributed by atoms with van der Waals surface area (Å²) in [6, 6.07) is 0.207. The van der Waals surface area contributed by atoms with Gasteiger partial charge in [0.15, 0.2) is 0 Å². The van der Waals surface area contributed by atoms with Crippen molar-refractivity contribution in [3.8, 4) is 0 Å². The molecule has 3 atom stereocenters. The van der Waals surface area contributed by atoms with Crippen molar-refractivity contribution in [2.45, 2.75) is 70.1 Å². The highest BCUT2D eigenvalue weighted by atomic mass is 16.3. The van der Waals surface area contributed by atoms with Crippen LogP contribution in [0.4, 0.5) is 0 Å². The fraction of sp³-hybridized carbons (Fsp3) is 0.812. The number of aliphatic hydroxyl groups is 1. The summed E-state index contributed by atoms with van der Waals surface area (Å²) in [6.45, 7) is 3.35. The van der Waals surface area contributed by atoms with E-state index in [9.17, 15) is 9.90 Å². The first-order valence-corrected chi connectivity index (χ1v) is 8.44. The van der Waals surface area contributed by atoms with E-state index >= 15 is 0 Å². The van der Waals surface area contributed by atoms with E-state index in [1.807, 2.05) is 11.8 Å². The molecule has 0 radical (unpaired) electrons. The molecule has 1 N–H and O–H groups in total. The quantitative estimate of drug-likeness (QED) is 0.917. The Labute approximate surface area is 131 Å². The Kier molecular flexibility index (Phi) is 4.47. The number of aryl methyl sites for hydroxylation is 1. The molecule has 0 spiro atoms. The smallest absolute Gasteiger partial charge is 0.224 e. The van der Waals surface area contributed by atoms with E-state index in [0.29, 0.717) is 13.0 Å². The molecule has 1 amide bonds. The van der Waals surface area contributed by atoms with Crippen molar-refractivity contribution < 1.29 is 9.90 Å². The zero-order chi connectivity index (χ0) is 15.6. The van der Waals surface area contributed by atoms with Crippen LogP contribution in [0, 0.1) is 5.92 Å². The highest BCUT2D eigenvalue weighted by Gasteiger charge is 2.44. The molecule has 1 aromatic heterocycles. The van der Waals surface area contributed by atoms with Gasteiger partial charge in [0, 0.05) is 31.1 Å². The lowest BCUT2D eigenvalue weighted by Crippen LogP contribution is -2.50. The summed E-state index contributed by atoms with van der Waals surface area (Å²) in [7, 11) is 0. The average molecular weight is 306 g/mol. The molecule has 0 bridgehead atoms. The molecule has 2 heterocycles. The highest BCUT2D eigenvalue weighted by molar-refractivity contribution is 5.76. The molecular formula is C16H26N4O2. The minimum atomic E-state index is -0.627. The lowest BCUT2D eigenvalue weighted by molar-refractivity contribution is -0.136. The largest absolute Gasteiger partial charge is 0.390 e. The van der Waals surface area contributed by atoms with Crippen LogP contribution in [-0.2, 0) is 11.3 Å². The monoisotopic (exact) mass is 306 g/mol. The molecule has 3 unspecified atom stereocenters. The fourth-order valence-electron chi connectivity index (χ4n) is 4.18. The van der Waals surface area contributed by atoms with Crippen molar-refractivity contribution in [3.63, 3.8) is 0 Å². The average Bonchev–Trinajstić information content (AvgIpc) is 3.15. The lowest BCUT2D eigenvalue weighted by Gasteiger charge is -2.43. The van der Waals surface area contributed by atoms with Gasteiger partial charge < -0.3 is 10.0 Å². The Bertz CT molecular complexity index is 500. The standard InChI is InChI=1S/C16H26N4O2/c1-16(22)8-3-2-5-13(16)14-6-4-10-20(14)15(21)7-11-19-12-9-17-18-19/h9,12-14,22H,2-8,10-11H2,1H3. The van der Waals surface area contributed by atoms with Crippen molar-refractivity contribution in [2.24, 2.45) is 5.92 Å². The molecule has 22 heavy (non-hydrogen) atoms. The maximum atomic E-state index is 12.6. The summed E-state index contributed by atoms with van der Waals surface area (Å²) >= 11 is 0. The van der Waals surface area contributed by atoms with Crippen LogP contribution in [0.1, 0.15) is 51.9 Å². The molecule has 0 aromatic carbocycles. The van der Waals surface area contributed by atoms with E-state index in [1.165, 1.54) is 0 Å². The maximum absolute atomic E-state index is 12.6. The molecule has 6 nitrogen and oxygen atoms in total. The number of hydrogen-bond donors (Lipinski definition) is 1. The summed E-state index contributed by atoms with van der Waals surface area (Å²) in [5.74, 6) is 0.401. The third-order valence-corrected chi connectivity index (χ3v) is 5.36. The second-order valence-electron chi connectivity index (χ2n) is 6.92. The van der Waals surface area contributed by atoms with Crippen molar-refractivity contribution >= 4 is 5.91 Å². The number of carbonyl (C=O) groups is 1. The van der Waals surface area contributed by atoms with Crippen molar-refractivity contribution in [1.29, 1.82) is 0 Å². The zero-order valence-corrected chi connectivity index (χ0v) is 13.3. The first-order valence-electron chi connectivity index (χ1n) is 8.44. The van der Waals surface area contributed by atoms with Crippen molar-refractivity contribution in [1.82, 2.24) is 19.9 Å². The number of likely N-dealkylation sites (tertiary alicyclic amines) is 1. The second kappa shape index (κ2) is 6.36. The third-order valence-electron chi connectivity index (χ3n) is 5.36. The van der Waals surface area contributed by atoms with Crippen LogP contribution in [0.15, 0.2) is 12.4 Å². The van der Waals surface area contributed by atoms with Gasteiger partial charge in [-0.1, -0.05) is 18.1 Å². The third kappa shape index (κ3) is 3.16. The molecule has 2 fully saturated rings. The van der Waals surface area contributed by atoms with Gasteiger partial charge in [-0.2, -0.15) is 0 Å². The molecule has 122 valence electrons. The van der Waals surface area contributed by atoms with Gasteiger partial charge >= 0.3 is 0 Å². The first-order chi connectivity index (χ1) is 10.6. The second-order valence-corrected chi connectivity index (χ2v) is 6.92. The molecule has 1 aliphatic carbocycles. The summed E-state index contributed by atoms with van der Waals surface area (Å²) in [5.41, 5.74) is -0.627. The molecule has 1 saturated carbocycles. The summed E-state index contributed by atoms with van der Waals surface area (Å²) in [4.78, 5) is 14.6. The van der Waals surface area contributed by atoms with Gasteiger partial charge in [-0.15, -0.1) is 5.10 Å². The Hall–Kier alpha value is -1.43. The van der Waals surface area contributed by atoms with Gasteiger partial charge in [-0.05, 0) is 32.6 Å². The summed E-state index contributed by atoms with van der Waals surface area (Å²) in [5, 5.41) is 18.4. The van der Waals surface area contributed by atoms with Gasteiger partial charge in [-0.3, -0.25) is 9.48 Å². The summed E-state index contributed by atoms with van der Waals surface area (Å²) in [6.07, 6.45) is 10.1. The van der Waals surface area contributed by atoms with Crippen LogP contribution >= 0.6 is 0 Å². The molecule has 1 aliphatic heterocycles. The maximum Gasteiger partial charge on any atom is 0.224 e. The van der Waals surface area contributed by atoms with E-state index in [-0.39, 0.29) is 17.9 Å². The molecule has 3 rings (SSSR count). The van der Waals surface area contributed by atoms with Crippen LogP contribution in [0.25, 0.3) is 0 Å². The predicted octanol–water partition coefficient (Wildman–Crippen LogP) is 1.60. The normalized spacial score (nSPS) is 32.4. The fourth-order valence-corrected chi connectivity index (χ4v) is 4.18. The van der Waals surface area contributed by atoms with E-state index in [2.05, 4.69) is 10.3 Å². The van der Waals surface area contributed by atoms with Gasteiger partial charge in [0.1, 0.15) is 0 Å².